The van der Waals surface area contributed by atoms with Gasteiger partial charge in [-0.2, -0.15) is 0 Å². The fourth-order valence-electron chi connectivity index (χ4n) is 3.21. The number of rotatable bonds is 3. The maximum Gasteiger partial charge on any atom is 0.228 e. The molecule has 2 atom stereocenters. The first-order valence-corrected chi connectivity index (χ1v) is 7.08. The molecule has 1 amide bonds. The van der Waals surface area contributed by atoms with Crippen molar-refractivity contribution in [2.75, 3.05) is 22.9 Å². The van der Waals surface area contributed by atoms with Gasteiger partial charge in [0.05, 0.1) is 17.8 Å². The van der Waals surface area contributed by atoms with E-state index in [1.165, 1.54) is 19.3 Å². The Labute approximate surface area is 113 Å². The predicted molar refractivity (Wildman–Crippen MR) is 78.2 cm³/mol. The van der Waals surface area contributed by atoms with Crippen LogP contribution < -0.4 is 16.4 Å². The largest absolute Gasteiger partial charge is 0.397 e. The summed E-state index contributed by atoms with van der Waals surface area (Å²) in [7, 11) is 0. The van der Waals surface area contributed by atoms with Crippen molar-refractivity contribution in [2.45, 2.75) is 32.6 Å². The molecule has 3 rings (SSSR count). The van der Waals surface area contributed by atoms with Crippen molar-refractivity contribution < 1.29 is 4.79 Å². The minimum Gasteiger partial charge on any atom is -0.397 e. The van der Waals surface area contributed by atoms with Crippen molar-refractivity contribution in [3.63, 3.8) is 0 Å². The smallest absolute Gasteiger partial charge is 0.228 e. The normalized spacial score (nSPS) is 25.2. The molecule has 1 aliphatic heterocycles. The Morgan fingerprint density at radius 3 is 3.00 bits per heavy atom. The van der Waals surface area contributed by atoms with Crippen LogP contribution in [-0.2, 0) is 11.2 Å². The topological polar surface area (TPSA) is 67.1 Å². The number of hydrogen-bond donors (Lipinski definition) is 3. The third kappa shape index (κ3) is 2.53. The van der Waals surface area contributed by atoms with E-state index in [2.05, 4.69) is 17.6 Å². The summed E-state index contributed by atoms with van der Waals surface area (Å²) in [5, 5.41) is 6.31. The van der Waals surface area contributed by atoms with E-state index in [4.69, 9.17) is 5.73 Å². The van der Waals surface area contributed by atoms with Crippen LogP contribution in [0.3, 0.4) is 0 Å². The van der Waals surface area contributed by atoms with Gasteiger partial charge in [-0.3, -0.25) is 4.79 Å². The van der Waals surface area contributed by atoms with Crippen molar-refractivity contribution in [3.8, 4) is 0 Å². The predicted octanol–water partition coefficient (Wildman–Crippen LogP) is 2.61. The second-order valence-corrected chi connectivity index (χ2v) is 5.99. The third-order valence-corrected chi connectivity index (χ3v) is 4.29. The van der Waals surface area contributed by atoms with Crippen molar-refractivity contribution in [1.29, 1.82) is 0 Å². The maximum absolute atomic E-state index is 11.4. The minimum atomic E-state index is 0.0520. The molecule has 1 aliphatic carbocycles. The lowest BCUT2D eigenvalue weighted by molar-refractivity contribution is -0.115. The number of hydrogen-bond acceptors (Lipinski definition) is 3. The lowest BCUT2D eigenvalue weighted by Gasteiger charge is -2.15. The highest BCUT2D eigenvalue weighted by Crippen LogP contribution is 2.33. The van der Waals surface area contributed by atoms with Crippen LogP contribution in [0.1, 0.15) is 31.7 Å². The summed E-state index contributed by atoms with van der Waals surface area (Å²) in [6.45, 7) is 3.29. The van der Waals surface area contributed by atoms with Crippen LogP contribution >= 0.6 is 0 Å². The second-order valence-electron chi connectivity index (χ2n) is 5.99. The fraction of sp³-hybridized carbons (Fsp3) is 0.533. The Kier molecular flexibility index (Phi) is 3.09. The van der Waals surface area contributed by atoms with Gasteiger partial charge in [-0.25, -0.2) is 0 Å². The SMILES string of the molecule is CC1CCC(CNc2cc3c(cc2N)CC(=O)N3)C1. The molecule has 0 radical (unpaired) electrons. The zero-order valence-electron chi connectivity index (χ0n) is 11.3. The Balaban J connectivity index is 1.68. The van der Waals surface area contributed by atoms with Crippen molar-refractivity contribution in [2.24, 2.45) is 11.8 Å². The molecule has 4 heteroatoms. The third-order valence-electron chi connectivity index (χ3n) is 4.29. The standard InChI is InChI=1S/C15H21N3O/c1-9-2-3-10(4-9)8-17-14-7-13-11(5-12(14)16)6-15(19)18-13/h5,7,9-10,17H,2-4,6,8,16H2,1H3,(H,18,19). The lowest BCUT2D eigenvalue weighted by atomic mass is 10.1. The summed E-state index contributed by atoms with van der Waals surface area (Å²) < 4.78 is 0. The van der Waals surface area contributed by atoms with Crippen LogP contribution in [0.25, 0.3) is 0 Å². The Hall–Kier alpha value is -1.71. The number of nitrogens with one attached hydrogen (secondary N) is 2. The molecule has 2 unspecified atom stereocenters. The van der Waals surface area contributed by atoms with Gasteiger partial charge in [-0.05, 0) is 42.4 Å². The number of amides is 1. The van der Waals surface area contributed by atoms with E-state index in [1.54, 1.807) is 0 Å². The zero-order chi connectivity index (χ0) is 13.4. The van der Waals surface area contributed by atoms with Crippen molar-refractivity contribution in [1.82, 2.24) is 0 Å². The van der Waals surface area contributed by atoms with Gasteiger partial charge in [0, 0.05) is 12.2 Å². The average molecular weight is 259 g/mol. The van der Waals surface area contributed by atoms with Crippen LogP contribution in [0.15, 0.2) is 12.1 Å². The van der Waals surface area contributed by atoms with Gasteiger partial charge in [0.1, 0.15) is 0 Å². The lowest BCUT2D eigenvalue weighted by Crippen LogP contribution is -2.12. The van der Waals surface area contributed by atoms with E-state index < -0.39 is 0 Å². The van der Waals surface area contributed by atoms with Gasteiger partial charge < -0.3 is 16.4 Å². The highest BCUT2D eigenvalue weighted by Gasteiger charge is 2.22. The van der Waals surface area contributed by atoms with Gasteiger partial charge in [0.25, 0.3) is 0 Å². The molecule has 2 aliphatic rings. The molecule has 102 valence electrons. The Bertz CT molecular complexity index is 512. The molecule has 1 saturated carbocycles. The summed E-state index contributed by atoms with van der Waals surface area (Å²) in [5.74, 6) is 1.65. The molecule has 1 aromatic carbocycles. The van der Waals surface area contributed by atoms with E-state index in [0.29, 0.717) is 6.42 Å². The van der Waals surface area contributed by atoms with Gasteiger partial charge >= 0.3 is 0 Å². The molecule has 0 saturated heterocycles. The number of nitrogens with two attached hydrogens (primary N) is 1. The molecule has 19 heavy (non-hydrogen) atoms. The average Bonchev–Trinajstić information content (AvgIpc) is 2.91. The summed E-state index contributed by atoms with van der Waals surface area (Å²) in [6.07, 6.45) is 4.38. The van der Waals surface area contributed by atoms with Crippen LogP contribution in [0.2, 0.25) is 0 Å². The molecule has 0 spiro atoms. The molecular weight excluding hydrogens is 238 g/mol. The molecule has 0 aromatic heterocycles. The van der Waals surface area contributed by atoms with Crippen LogP contribution in [0.5, 0.6) is 0 Å². The first kappa shape index (κ1) is 12.3. The Morgan fingerprint density at radius 2 is 2.26 bits per heavy atom. The maximum atomic E-state index is 11.4. The molecule has 4 N–H and O–H groups in total. The van der Waals surface area contributed by atoms with Crippen LogP contribution in [0.4, 0.5) is 17.1 Å². The van der Waals surface area contributed by atoms with Gasteiger partial charge in [-0.1, -0.05) is 13.3 Å². The van der Waals surface area contributed by atoms with E-state index in [-0.39, 0.29) is 5.91 Å². The highest BCUT2D eigenvalue weighted by atomic mass is 16.1. The summed E-state index contributed by atoms with van der Waals surface area (Å²) in [6, 6.07) is 3.88. The van der Waals surface area contributed by atoms with Gasteiger partial charge in [0.2, 0.25) is 5.91 Å². The highest BCUT2D eigenvalue weighted by molar-refractivity contribution is 6.00. The molecule has 1 aromatic rings. The number of fused-ring (bicyclic) bond motifs is 1. The number of anilines is 3. The van der Waals surface area contributed by atoms with Crippen LogP contribution in [0, 0.1) is 11.8 Å². The monoisotopic (exact) mass is 259 g/mol. The first-order valence-electron chi connectivity index (χ1n) is 7.08. The number of carbonyl (C=O) groups excluding carboxylic acids is 1. The Morgan fingerprint density at radius 1 is 1.42 bits per heavy atom. The van der Waals surface area contributed by atoms with Gasteiger partial charge in [0.15, 0.2) is 0 Å². The number of carbonyl (C=O) groups is 1. The fourth-order valence-corrected chi connectivity index (χ4v) is 3.21. The van der Waals surface area contributed by atoms with E-state index in [0.717, 1.165) is 41.0 Å². The summed E-state index contributed by atoms with van der Waals surface area (Å²) in [4.78, 5) is 11.4. The quantitative estimate of drug-likeness (QED) is 0.731. The van der Waals surface area contributed by atoms with Crippen molar-refractivity contribution >= 4 is 23.0 Å². The summed E-state index contributed by atoms with van der Waals surface area (Å²) >= 11 is 0. The second kappa shape index (κ2) is 4.76. The van der Waals surface area contributed by atoms with E-state index in [9.17, 15) is 4.79 Å². The van der Waals surface area contributed by atoms with E-state index >= 15 is 0 Å². The van der Waals surface area contributed by atoms with Crippen molar-refractivity contribution in [3.05, 3.63) is 17.7 Å². The molecule has 1 fully saturated rings. The summed E-state index contributed by atoms with van der Waals surface area (Å²) in [5.41, 5.74) is 9.64. The van der Waals surface area contributed by atoms with Crippen LogP contribution in [-0.4, -0.2) is 12.5 Å². The van der Waals surface area contributed by atoms with E-state index in [1.807, 2.05) is 12.1 Å². The first-order chi connectivity index (χ1) is 9.11. The number of nitrogen functional groups attached to an aromatic ring is 1. The molecular formula is C15H21N3O. The molecule has 1 heterocycles. The molecule has 0 bridgehead atoms. The minimum absolute atomic E-state index is 0.0520. The number of benzene rings is 1. The molecule has 4 nitrogen and oxygen atoms in total. The van der Waals surface area contributed by atoms with Gasteiger partial charge in [-0.15, -0.1) is 0 Å². The zero-order valence-corrected chi connectivity index (χ0v) is 11.3.